The van der Waals surface area contributed by atoms with Crippen LogP contribution in [0, 0.1) is 0 Å². The molecule has 52 heavy (non-hydrogen) atoms. The van der Waals surface area contributed by atoms with Gasteiger partial charge in [0.1, 0.15) is 5.52 Å². The van der Waals surface area contributed by atoms with Crippen molar-refractivity contribution in [1.82, 2.24) is 29.5 Å². The van der Waals surface area contributed by atoms with Crippen molar-refractivity contribution in [2.45, 2.75) is 0 Å². The van der Waals surface area contributed by atoms with Crippen molar-refractivity contribution < 1.29 is 4.42 Å². The quantitative estimate of drug-likeness (QED) is 0.175. The molecule has 0 N–H and O–H groups in total. The molecule has 0 bridgehead atoms. The maximum absolute atomic E-state index is 6.51. The van der Waals surface area contributed by atoms with Gasteiger partial charge in [0.25, 0.3) is 0 Å². The van der Waals surface area contributed by atoms with Crippen LogP contribution in [0.1, 0.15) is 0 Å². The molecular formula is C45H28N6O. The van der Waals surface area contributed by atoms with E-state index in [0.29, 0.717) is 11.7 Å². The first-order valence-corrected chi connectivity index (χ1v) is 17.1. The van der Waals surface area contributed by atoms with Gasteiger partial charge in [-0.3, -0.25) is 9.97 Å². The second kappa shape index (κ2) is 12.3. The van der Waals surface area contributed by atoms with Crippen LogP contribution in [-0.2, 0) is 0 Å². The summed E-state index contributed by atoms with van der Waals surface area (Å²) >= 11 is 0. The van der Waals surface area contributed by atoms with Crippen molar-refractivity contribution in [1.29, 1.82) is 0 Å². The molecule has 0 aliphatic carbocycles. The van der Waals surface area contributed by atoms with Crippen molar-refractivity contribution in [3.8, 4) is 62.2 Å². The molecule has 0 aliphatic heterocycles. The summed E-state index contributed by atoms with van der Waals surface area (Å²) in [7, 11) is 0. The zero-order valence-corrected chi connectivity index (χ0v) is 27.8. The standard InChI is InChI=1S/C45H28N6O/c1-2-7-33(8-3-1)45-50-37-17-18-41-42(43(37)52-45)36-11-4-5-12-40(36)51(41)35-10-6-9-34(27-35)39-28-38(48-44(49-39)32-21-25-47-26-22-32)31-15-13-29(14-16-31)30-19-23-46-24-20-30/h1-28H. The molecule has 0 saturated heterocycles. The Hall–Kier alpha value is -7.25. The fraction of sp³-hybridized carbons (Fsp3) is 0. The van der Waals surface area contributed by atoms with Crippen LogP contribution < -0.4 is 0 Å². The molecule has 0 radical (unpaired) electrons. The summed E-state index contributed by atoms with van der Waals surface area (Å²) in [5, 5.41) is 2.14. The Balaban J connectivity index is 1.12. The van der Waals surface area contributed by atoms with Crippen LogP contribution in [0.25, 0.3) is 95.1 Å². The summed E-state index contributed by atoms with van der Waals surface area (Å²) < 4.78 is 8.81. The minimum Gasteiger partial charge on any atom is -0.435 e. The molecule has 0 saturated carbocycles. The molecule has 7 heteroatoms. The molecule has 10 rings (SSSR count). The third-order valence-corrected chi connectivity index (χ3v) is 9.47. The molecule has 7 nitrogen and oxygen atoms in total. The second-order valence-corrected chi connectivity index (χ2v) is 12.6. The van der Waals surface area contributed by atoms with Gasteiger partial charge in [-0.1, -0.05) is 72.8 Å². The third kappa shape index (κ3) is 5.11. The van der Waals surface area contributed by atoms with Gasteiger partial charge in [0.05, 0.1) is 27.8 Å². The van der Waals surface area contributed by atoms with E-state index in [0.717, 1.165) is 83.4 Å². The van der Waals surface area contributed by atoms with Crippen molar-refractivity contribution in [2.75, 3.05) is 0 Å². The van der Waals surface area contributed by atoms with Gasteiger partial charge in [-0.05, 0) is 83.9 Å². The van der Waals surface area contributed by atoms with E-state index in [1.54, 1.807) is 12.4 Å². The molecule has 0 unspecified atom stereocenters. The third-order valence-electron chi connectivity index (χ3n) is 9.47. The highest BCUT2D eigenvalue weighted by Crippen LogP contribution is 2.39. The zero-order valence-electron chi connectivity index (χ0n) is 27.8. The highest BCUT2D eigenvalue weighted by molar-refractivity contribution is 6.19. The molecule has 10 aromatic rings. The van der Waals surface area contributed by atoms with Crippen LogP contribution >= 0.6 is 0 Å². The van der Waals surface area contributed by atoms with E-state index in [1.807, 2.05) is 73.1 Å². The largest absolute Gasteiger partial charge is 0.435 e. The highest BCUT2D eigenvalue weighted by Gasteiger charge is 2.19. The number of benzene rings is 5. The van der Waals surface area contributed by atoms with Gasteiger partial charge in [0.15, 0.2) is 11.4 Å². The van der Waals surface area contributed by atoms with E-state index in [4.69, 9.17) is 19.4 Å². The molecule has 5 aromatic carbocycles. The molecule has 244 valence electrons. The molecule has 0 spiro atoms. The van der Waals surface area contributed by atoms with Gasteiger partial charge in [0, 0.05) is 58.1 Å². The van der Waals surface area contributed by atoms with E-state index >= 15 is 0 Å². The Morgan fingerprint density at radius 3 is 1.88 bits per heavy atom. The first-order valence-electron chi connectivity index (χ1n) is 17.1. The zero-order chi connectivity index (χ0) is 34.4. The van der Waals surface area contributed by atoms with E-state index in [9.17, 15) is 0 Å². The summed E-state index contributed by atoms with van der Waals surface area (Å²) in [5.74, 6) is 1.25. The average Bonchev–Trinajstić information content (AvgIpc) is 3.82. The van der Waals surface area contributed by atoms with Gasteiger partial charge >= 0.3 is 0 Å². The van der Waals surface area contributed by atoms with E-state index in [1.165, 1.54) is 0 Å². The molecule has 0 amide bonds. The first-order chi connectivity index (χ1) is 25.8. The summed E-state index contributed by atoms with van der Waals surface area (Å²) in [6, 6.07) is 49.6. The number of oxazole rings is 1. The summed E-state index contributed by atoms with van der Waals surface area (Å²) in [6.45, 7) is 0. The maximum Gasteiger partial charge on any atom is 0.227 e. The SMILES string of the molecule is c1ccc(-c2nc3ccc4c(c5ccccc5n4-c4cccc(-c5cc(-c6ccc(-c7ccncc7)cc6)nc(-c6ccncc6)n5)c4)c3o2)cc1. The number of para-hydroxylation sites is 1. The summed E-state index contributed by atoms with van der Waals surface area (Å²) in [5.41, 5.74) is 12.4. The Morgan fingerprint density at radius 2 is 1.10 bits per heavy atom. The molecular weight excluding hydrogens is 641 g/mol. The lowest BCUT2D eigenvalue weighted by Gasteiger charge is -2.12. The average molecular weight is 669 g/mol. The Bertz CT molecular complexity index is 2880. The monoisotopic (exact) mass is 668 g/mol. The van der Waals surface area contributed by atoms with Gasteiger partial charge in [-0.15, -0.1) is 0 Å². The molecule has 5 heterocycles. The van der Waals surface area contributed by atoms with Crippen molar-refractivity contribution in [3.05, 3.63) is 170 Å². The minimum atomic E-state index is 0.610. The lowest BCUT2D eigenvalue weighted by atomic mass is 10.0. The van der Waals surface area contributed by atoms with Gasteiger partial charge in [-0.25, -0.2) is 15.0 Å². The second-order valence-electron chi connectivity index (χ2n) is 12.6. The minimum absolute atomic E-state index is 0.610. The van der Waals surface area contributed by atoms with Gasteiger partial charge in [-0.2, -0.15) is 0 Å². The van der Waals surface area contributed by atoms with Gasteiger partial charge < -0.3 is 8.98 Å². The predicted octanol–water partition coefficient (Wildman–Crippen LogP) is 10.8. The fourth-order valence-electron chi connectivity index (χ4n) is 6.98. The molecule has 0 fully saturated rings. The maximum atomic E-state index is 6.51. The lowest BCUT2D eigenvalue weighted by molar-refractivity contribution is 0.623. The Kier molecular flexibility index (Phi) is 6.99. The topological polar surface area (TPSA) is 82.5 Å². The van der Waals surface area contributed by atoms with Crippen LogP contribution in [0.15, 0.2) is 175 Å². The summed E-state index contributed by atoms with van der Waals surface area (Å²) in [6.07, 6.45) is 7.16. The highest BCUT2D eigenvalue weighted by atomic mass is 16.3. The van der Waals surface area contributed by atoms with Gasteiger partial charge in [0.2, 0.25) is 5.89 Å². The normalized spacial score (nSPS) is 11.5. The molecule has 0 atom stereocenters. The van der Waals surface area contributed by atoms with Crippen molar-refractivity contribution >= 4 is 32.9 Å². The first kappa shape index (κ1) is 29.6. The Labute approximate surface area is 298 Å². The van der Waals surface area contributed by atoms with Crippen LogP contribution in [0.5, 0.6) is 0 Å². The van der Waals surface area contributed by atoms with E-state index in [-0.39, 0.29) is 0 Å². The predicted molar refractivity (Wildman–Crippen MR) is 207 cm³/mol. The lowest BCUT2D eigenvalue weighted by Crippen LogP contribution is -1.98. The number of fused-ring (bicyclic) bond motifs is 5. The van der Waals surface area contributed by atoms with E-state index in [2.05, 4.69) is 99.5 Å². The Morgan fingerprint density at radius 1 is 0.442 bits per heavy atom. The fourth-order valence-corrected chi connectivity index (χ4v) is 6.98. The number of aromatic nitrogens is 6. The van der Waals surface area contributed by atoms with Crippen LogP contribution in [0.3, 0.4) is 0 Å². The number of pyridine rings is 2. The van der Waals surface area contributed by atoms with Crippen LogP contribution in [0.4, 0.5) is 0 Å². The van der Waals surface area contributed by atoms with Crippen LogP contribution in [-0.4, -0.2) is 29.5 Å². The van der Waals surface area contributed by atoms with E-state index < -0.39 is 0 Å². The molecule has 5 aromatic heterocycles. The van der Waals surface area contributed by atoms with Crippen molar-refractivity contribution in [3.63, 3.8) is 0 Å². The number of hydrogen-bond donors (Lipinski definition) is 0. The smallest absolute Gasteiger partial charge is 0.227 e. The number of nitrogens with zero attached hydrogens (tertiary/aromatic N) is 6. The molecule has 0 aliphatic rings. The van der Waals surface area contributed by atoms with Crippen molar-refractivity contribution in [2.24, 2.45) is 0 Å². The summed E-state index contributed by atoms with van der Waals surface area (Å²) in [4.78, 5) is 23.4. The number of hydrogen-bond acceptors (Lipinski definition) is 6. The number of rotatable bonds is 6. The van der Waals surface area contributed by atoms with Crippen LogP contribution in [0.2, 0.25) is 0 Å².